The quantitative estimate of drug-likeness (QED) is 0.688. The first-order chi connectivity index (χ1) is 12.4. The zero-order valence-electron chi connectivity index (χ0n) is 14.5. The Bertz CT molecular complexity index is 800. The number of benzene rings is 2. The number of amides is 1. The lowest BCUT2D eigenvalue weighted by molar-refractivity contribution is -0.120. The van der Waals surface area contributed by atoms with Crippen molar-refractivity contribution in [1.29, 1.82) is 0 Å². The second-order valence-electron chi connectivity index (χ2n) is 6.23. The molecule has 5 nitrogen and oxygen atoms in total. The van der Waals surface area contributed by atoms with E-state index in [0.29, 0.717) is 13.2 Å². The number of halogens is 2. The molecule has 1 heterocycles. The third-order valence-electron chi connectivity index (χ3n) is 4.29. The number of fused-ring (bicyclic) bond motifs is 1. The number of hydrogen-bond acceptors (Lipinski definition) is 4. The fourth-order valence-electron chi connectivity index (χ4n) is 2.66. The summed E-state index contributed by atoms with van der Waals surface area (Å²) in [6.07, 6.45) is -0.121. The van der Waals surface area contributed by atoms with Gasteiger partial charge in [-0.05, 0) is 60.2 Å². The number of likely N-dealkylation sites (N-methyl/N-ethyl adjacent to an activating group) is 1. The van der Waals surface area contributed by atoms with E-state index in [1.165, 1.54) is 0 Å². The van der Waals surface area contributed by atoms with E-state index in [9.17, 15) is 4.79 Å². The highest BCUT2D eigenvalue weighted by Crippen LogP contribution is 2.31. The van der Waals surface area contributed by atoms with Gasteiger partial charge in [0.25, 0.3) is 0 Å². The summed E-state index contributed by atoms with van der Waals surface area (Å²) in [5.41, 5.74) is 0.740. The van der Waals surface area contributed by atoms with Crippen molar-refractivity contribution in [2.75, 3.05) is 25.5 Å². The molecule has 2 aromatic rings. The monoisotopic (exact) mass is 482 g/mol. The Morgan fingerprint density at radius 3 is 2.73 bits per heavy atom. The van der Waals surface area contributed by atoms with Gasteiger partial charge in [0.1, 0.15) is 12.7 Å². The topological polar surface area (TPSA) is 50.8 Å². The van der Waals surface area contributed by atoms with Gasteiger partial charge < -0.3 is 14.8 Å². The molecule has 7 heteroatoms. The van der Waals surface area contributed by atoms with Gasteiger partial charge in [0.15, 0.2) is 11.5 Å². The molecule has 26 heavy (non-hydrogen) atoms. The molecule has 1 N–H and O–H groups in total. The lowest BCUT2D eigenvalue weighted by Gasteiger charge is -2.31. The van der Waals surface area contributed by atoms with E-state index >= 15 is 0 Å². The predicted octanol–water partition coefficient (Wildman–Crippen LogP) is 4.31. The maximum Gasteiger partial charge on any atom is 0.241 e. The molecule has 0 aliphatic carbocycles. The summed E-state index contributed by atoms with van der Waals surface area (Å²) in [7, 11) is 1.91. The summed E-state index contributed by atoms with van der Waals surface area (Å²) < 4.78 is 13.5. The van der Waals surface area contributed by atoms with E-state index in [2.05, 4.69) is 37.2 Å². The molecule has 0 unspecified atom stereocenters. The van der Waals surface area contributed by atoms with Gasteiger partial charge in [0.2, 0.25) is 5.91 Å². The minimum atomic E-state index is -0.314. The van der Waals surface area contributed by atoms with Crippen LogP contribution in [0.3, 0.4) is 0 Å². The van der Waals surface area contributed by atoms with Crippen molar-refractivity contribution in [2.24, 2.45) is 0 Å². The first-order valence-electron chi connectivity index (χ1n) is 8.28. The van der Waals surface area contributed by atoms with Crippen molar-refractivity contribution in [2.45, 2.75) is 19.1 Å². The van der Waals surface area contributed by atoms with Crippen LogP contribution in [-0.4, -0.2) is 43.2 Å². The Balaban J connectivity index is 1.57. The highest BCUT2D eigenvalue weighted by molar-refractivity contribution is 9.11. The van der Waals surface area contributed by atoms with Crippen molar-refractivity contribution in [1.82, 2.24) is 4.90 Å². The maximum absolute atomic E-state index is 12.6. The molecule has 0 radical (unpaired) electrons. The molecule has 0 saturated carbocycles. The molecule has 2 atom stereocenters. The predicted molar refractivity (Wildman–Crippen MR) is 109 cm³/mol. The van der Waals surface area contributed by atoms with Crippen LogP contribution in [0.2, 0.25) is 0 Å². The molecule has 0 aromatic heterocycles. The van der Waals surface area contributed by atoms with Gasteiger partial charge in [-0.2, -0.15) is 0 Å². The van der Waals surface area contributed by atoms with Gasteiger partial charge in [0, 0.05) is 15.5 Å². The Morgan fingerprint density at radius 2 is 2.00 bits per heavy atom. The van der Waals surface area contributed by atoms with Crippen LogP contribution in [0.15, 0.2) is 51.4 Å². The molecule has 1 aliphatic rings. The fourth-order valence-corrected chi connectivity index (χ4v) is 3.81. The number of carbonyl (C=O) groups is 1. The number of nitrogens with one attached hydrogen (secondary N) is 1. The molecular formula is C19H20Br2N2O3. The van der Waals surface area contributed by atoms with E-state index in [4.69, 9.17) is 9.47 Å². The van der Waals surface area contributed by atoms with Gasteiger partial charge in [-0.15, -0.1) is 0 Å². The number of rotatable bonds is 5. The van der Waals surface area contributed by atoms with E-state index in [1.54, 1.807) is 0 Å². The Kier molecular flexibility index (Phi) is 6.21. The number of ether oxygens (including phenoxy) is 2. The maximum atomic E-state index is 12.6. The zero-order chi connectivity index (χ0) is 18.7. The van der Waals surface area contributed by atoms with Gasteiger partial charge in [-0.3, -0.25) is 9.69 Å². The first-order valence-corrected chi connectivity index (χ1v) is 9.87. The van der Waals surface area contributed by atoms with E-state index < -0.39 is 0 Å². The number of para-hydroxylation sites is 2. The lowest BCUT2D eigenvalue weighted by atomic mass is 10.2. The SMILES string of the molecule is C[C@H](C(=O)Nc1ccc(Br)cc1Br)N(C)C[C@H]1COc2ccccc2O1. The molecule has 0 fully saturated rings. The first kappa shape index (κ1) is 19.2. The summed E-state index contributed by atoms with van der Waals surface area (Å²) in [6, 6.07) is 12.9. The molecule has 2 aromatic carbocycles. The average Bonchev–Trinajstić information content (AvgIpc) is 2.63. The summed E-state index contributed by atoms with van der Waals surface area (Å²) in [5.74, 6) is 1.43. The van der Waals surface area contributed by atoms with Crippen LogP contribution in [0.1, 0.15) is 6.92 Å². The molecule has 3 rings (SSSR count). The van der Waals surface area contributed by atoms with E-state index in [0.717, 1.165) is 26.1 Å². The highest BCUT2D eigenvalue weighted by atomic mass is 79.9. The average molecular weight is 484 g/mol. The van der Waals surface area contributed by atoms with Gasteiger partial charge >= 0.3 is 0 Å². The summed E-state index contributed by atoms with van der Waals surface area (Å²) >= 11 is 6.87. The Hall–Kier alpha value is -1.57. The number of hydrogen-bond donors (Lipinski definition) is 1. The summed E-state index contributed by atoms with van der Waals surface area (Å²) in [5, 5.41) is 2.95. The fraction of sp³-hybridized carbons (Fsp3) is 0.316. The number of carbonyl (C=O) groups excluding carboxylic acids is 1. The van der Waals surface area contributed by atoms with Crippen LogP contribution in [0.4, 0.5) is 5.69 Å². The molecular weight excluding hydrogens is 464 g/mol. The summed E-state index contributed by atoms with van der Waals surface area (Å²) in [6.45, 7) is 2.93. The van der Waals surface area contributed by atoms with Crippen molar-refractivity contribution in [3.63, 3.8) is 0 Å². The molecule has 0 spiro atoms. The van der Waals surface area contributed by atoms with Gasteiger partial charge in [-0.25, -0.2) is 0 Å². The third kappa shape index (κ3) is 4.58. The normalized spacial score (nSPS) is 17.0. The highest BCUT2D eigenvalue weighted by Gasteiger charge is 2.26. The largest absolute Gasteiger partial charge is 0.486 e. The molecule has 138 valence electrons. The van der Waals surface area contributed by atoms with Crippen molar-refractivity contribution >= 4 is 43.5 Å². The number of nitrogens with zero attached hydrogens (tertiary/aromatic N) is 1. The standard InChI is InChI=1S/C19H20Br2N2O3/c1-12(19(24)22-16-8-7-13(20)9-15(16)21)23(2)10-14-11-25-17-5-3-4-6-18(17)26-14/h3-9,12,14H,10-11H2,1-2H3,(H,22,24)/t12-,14+/m1/s1. The zero-order valence-corrected chi connectivity index (χ0v) is 17.7. The molecule has 0 bridgehead atoms. The molecule has 1 aliphatic heterocycles. The Labute approximate surface area is 169 Å². The molecule has 1 amide bonds. The van der Waals surface area contributed by atoms with Crippen LogP contribution in [0.25, 0.3) is 0 Å². The van der Waals surface area contributed by atoms with Crippen LogP contribution < -0.4 is 14.8 Å². The second kappa shape index (κ2) is 8.41. The second-order valence-corrected chi connectivity index (χ2v) is 8.00. The Morgan fingerprint density at radius 1 is 1.27 bits per heavy atom. The van der Waals surface area contributed by atoms with Crippen LogP contribution in [0.5, 0.6) is 11.5 Å². The summed E-state index contributed by atoms with van der Waals surface area (Å²) in [4.78, 5) is 14.5. The number of anilines is 1. The van der Waals surface area contributed by atoms with Crippen molar-refractivity contribution in [3.05, 3.63) is 51.4 Å². The van der Waals surface area contributed by atoms with Gasteiger partial charge in [0.05, 0.1) is 11.7 Å². The van der Waals surface area contributed by atoms with Crippen molar-refractivity contribution in [3.8, 4) is 11.5 Å². The molecule has 0 saturated heterocycles. The minimum absolute atomic E-state index is 0.0762. The van der Waals surface area contributed by atoms with Crippen LogP contribution >= 0.6 is 31.9 Å². The minimum Gasteiger partial charge on any atom is -0.486 e. The lowest BCUT2D eigenvalue weighted by Crippen LogP contribution is -2.46. The van der Waals surface area contributed by atoms with Crippen molar-refractivity contribution < 1.29 is 14.3 Å². The van der Waals surface area contributed by atoms with Crippen LogP contribution in [-0.2, 0) is 4.79 Å². The van der Waals surface area contributed by atoms with E-state index in [-0.39, 0.29) is 18.1 Å². The van der Waals surface area contributed by atoms with Gasteiger partial charge in [-0.1, -0.05) is 28.1 Å². The van der Waals surface area contributed by atoms with E-state index in [1.807, 2.05) is 61.3 Å². The third-order valence-corrected chi connectivity index (χ3v) is 5.44. The smallest absolute Gasteiger partial charge is 0.241 e. The van der Waals surface area contributed by atoms with Crippen LogP contribution in [0, 0.1) is 0 Å².